The summed E-state index contributed by atoms with van der Waals surface area (Å²) in [6.45, 7) is 6.59. The molecule has 0 heterocycles. The van der Waals surface area contributed by atoms with E-state index in [9.17, 15) is 0 Å². The van der Waals surface area contributed by atoms with Crippen LogP contribution >= 0.6 is 8.60 Å². The lowest BCUT2D eigenvalue weighted by molar-refractivity contribution is 0.194. The quantitative estimate of drug-likeness (QED) is 0.622. The average Bonchev–Trinajstić information content (AvgIpc) is 1.82. The first-order valence-corrected chi connectivity index (χ1v) is 4.51. The first-order valence-electron chi connectivity index (χ1n) is 3.34. The van der Waals surface area contributed by atoms with Crippen molar-refractivity contribution in [2.24, 2.45) is 11.8 Å². The van der Waals surface area contributed by atoms with Gasteiger partial charge in [-0.1, -0.05) is 20.8 Å². The summed E-state index contributed by atoms with van der Waals surface area (Å²) >= 11 is 0. The Kier molecular flexibility index (Phi) is 5.18. The van der Waals surface area contributed by atoms with Gasteiger partial charge in [-0.2, -0.15) is 0 Å². The van der Waals surface area contributed by atoms with E-state index in [-0.39, 0.29) is 0 Å². The van der Waals surface area contributed by atoms with Crippen molar-refractivity contribution in [2.75, 3.05) is 6.61 Å². The molecule has 0 rings (SSSR count). The van der Waals surface area contributed by atoms with Gasteiger partial charge >= 0.3 is 8.60 Å². The van der Waals surface area contributed by atoms with E-state index in [1.807, 2.05) is 6.92 Å². The Labute approximate surface area is 63.0 Å². The maximum atomic E-state index is 8.38. The number of rotatable bonds is 4. The van der Waals surface area contributed by atoms with Crippen molar-refractivity contribution in [3.63, 3.8) is 0 Å². The van der Waals surface area contributed by atoms with Crippen LogP contribution in [0.2, 0.25) is 0 Å². The lowest BCUT2D eigenvalue weighted by atomic mass is 10.00. The smallest absolute Gasteiger partial charge is 0.327 e. The van der Waals surface area contributed by atoms with Gasteiger partial charge in [-0.3, -0.25) is 0 Å². The van der Waals surface area contributed by atoms with Gasteiger partial charge in [-0.25, -0.2) is 0 Å². The van der Waals surface area contributed by atoms with E-state index in [0.29, 0.717) is 18.4 Å². The van der Waals surface area contributed by atoms with Crippen LogP contribution < -0.4 is 0 Å². The minimum Gasteiger partial charge on any atom is -0.328 e. The van der Waals surface area contributed by atoms with Gasteiger partial charge in [0.25, 0.3) is 0 Å². The van der Waals surface area contributed by atoms with Crippen LogP contribution in [0.5, 0.6) is 0 Å². The molecule has 0 saturated heterocycles. The van der Waals surface area contributed by atoms with Crippen molar-refractivity contribution in [2.45, 2.75) is 20.8 Å². The molecule has 0 radical (unpaired) electrons. The topological polar surface area (TPSA) is 49.7 Å². The molecule has 1 atom stereocenters. The van der Waals surface area contributed by atoms with Crippen LogP contribution in [0.3, 0.4) is 0 Å². The summed E-state index contributed by atoms with van der Waals surface area (Å²) in [6, 6.07) is 0. The minimum absolute atomic E-state index is 0.379. The first kappa shape index (κ1) is 10.3. The summed E-state index contributed by atoms with van der Waals surface area (Å²) in [7, 11) is -2.16. The second-order valence-corrected chi connectivity index (χ2v) is 3.53. The van der Waals surface area contributed by atoms with Gasteiger partial charge in [0.2, 0.25) is 0 Å². The van der Waals surface area contributed by atoms with E-state index in [2.05, 4.69) is 18.4 Å². The molecule has 0 bridgehead atoms. The molecule has 0 fully saturated rings. The van der Waals surface area contributed by atoms with Crippen molar-refractivity contribution in [1.29, 1.82) is 0 Å². The third kappa shape index (κ3) is 5.12. The highest BCUT2D eigenvalue weighted by Crippen LogP contribution is 2.26. The van der Waals surface area contributed by atoms with Gasteiger partial charge < -0.3 is 14.3 Å². The summed E-state index contributed by atoms with van der Waals surface area (Å²) in [6.07, 6.45) is 0. The van der Waals surface area contributed by atoms with Gasteiger partial charge in [-0.15, -0.1) is 0 Å². The minimum atomic E-state index is -2.16. The molecule has 1 unspecified atom stereocenters. The van der Waals surface area contributed by atoms with Crippen molar-refractivity contribution in [3.05, 3.63) is 0 Å². The zero-order chi connectivity index (χ0) is 8.15. The summed E-state index contributed by atoms with van der Waals surface area (Å²) in [5, 5.41) is 0. The van der Waals surface area contributed by atoms with Gasteiger partial charge in [0.05, 0.1) is 6.61 Å². The molecule has 10 heavy (non-hydrogen) atoms. The fourth-order valence-electron chi connectivity index (χ4n) is 0.377. The van der Waals surface area contributed by atoms with Crippen LogP contribution in [0.25, 0.3) is 0 Å². The van der Waals surface area contributed by atoms with E-state index in [1.165, 1.54) is 0 Å². The molecule has 0 spiro atoms. The second kappa shape index (κ2) is 5.03. The monoisotopic (exact) mass is 166 g/mol. The highest BCUT2D eigenvalue weighted by atomic mass is 31.2. The molecule has 62 valence electrons. The normalized spacial score (nSPS) is 14.7. The largest absolute Gasteiger partial charge is 0.328 e. The standard InChI is InChI=1S/C6H15O3P/c1-5(2)6(3)4-9-10(7)8/h5-8H,4H2,1-3H3. The van der Waals surface area contributed by atoms with Crippen LogP contribution in [-0.4, -0.2) is 16.4 Å². The Morgan fingerprint density at radius 3 is 2.10 bits per heavy atom. The fraction of sp³-hybridized carbons (Fsp3) is 1.00. The van der Waals surface area contributed by atoms with Crippen molar-refractivity contribution >= 4 is 8.60 Å². The van der Waals surface area contributed by atoms with E-state index < -0.39 is 8.60 Å². The molecule has 0 amide bonds. The van der Waals surface area contributed by atoms with Crippen LogP contribution in [0.4, 0.5) is 0 Å². The summed E-state index contributed by atoms with van der Waals surface area (Å²) in [4.78, 5) is 16.8. The van der Waals surface area contributed by atoms with Crippen molar-refractivity contribution < 1.29 is 14.3 Å². The molecular formula is C6H15O3P. The molecule has 4 heteroatoms. The molecule has 0 aliphatic carbocycles. The summed E-state index contributed by atoms with van der Waals surface area (Å²) in [5.41, 5.74) is 0. The highest BCUT2D eigenvalue weighted by Gasteiger charge is 2.09. The Morgan fingerprint density at radius 2 is 1.80 bits per heavy atom. The number of hydrogen-bond donors (Lipinski definition) is 2. The molecule has 0 saturated carbocycles. The molecule has 2 N–H and O–H groups in total. The van der Waals surface area contributed by atoms with E-state index in [0.717, 1.165) is 0 Å². The maximum absolute atomic E-state index is 8.38. The van der Waals surface area contributed by atoms with Crippen molar-refractivity contribution in [3.8, 4) is 0 Å². The van der Waals surface area contributed by atoms with Gasteiger partial charge in [0.1, 0.15) is 0 Å². The molecule has 0 aliphatic heterocycles. The van der Waals surface area contributed by atoms with E-state index >= 15 is 0 Å². The first-order chi connectivity index (χ1) is 4.54. The zero-order valence-corrected chi connectivity index (χ0v) is 7.51. The number of hydrogen-bond acceptors (Lipinski definition) is 3. The molecule has 0 aromatic heterocycles. The molecular weight excluding hydrogens is 151 g/mol. The second-order valence-electron chi connectivity index (χ2n) is 2.77. The van der Waals surface area contributed by atoms with Crippen LogP contribution in [0, 0.1) is 11.8 Å². The lowest BCUT2D eigenvalue weighted by Gasteiger charge is -2.14. The van der Waals surface area contributed by atoms with Crippen LogP contribution in [0.1, 0.15) is 20.8 Å². The van der Waals surface area contributed by atoms with Gasteiger partial charge in [0.15, 0.2) is 0 Å². The summed E-state index contributed by atoms with van der Waals surface area (Å²) in [5.74, 6) is 0.902. The Bertz CT molecular complexity index is 85.1. The Hall–Kier alpha value is 0.310. The van der Waals surface area contributed by atoms with Gasteiger partial charge in [0, 0.05) is 0 Å². The van der Waals surface area contributed by atoms with E-state index in [1.54, 1.807) is 0 Å². The van der Waals surface area contributed by atoms with Crippen molar-refractivity contribution in [1.82, 2.24) is 0 Å². The molecule has 0 aromatic rings. The third-order valence-electron chi connectivity index (χ3n) is 1.59. The highest BCUT2D eigenvalue weighted by molar-refractivity contribution is 7.39. The SMILES string of the molecule is CC(C)C(C)COP(O)O. The molecule has 0 aromatic carbocycles. The molecule has 0 aliphatic rings. The van der Waals surface area contributed by atoms with Gasteiger partial charge in [-0.05, 0) is 11.8 Å². The van der Waals surface area contributed by atoms with Crippen LogP contribution in [0.15, 0.2) is 0 Å². The van der Waals surface area contributed by atoms with Crippen LogP contribution in [-0.2, 0) is 4.52 Å². The predicted molar refractivity (Wildman–Crippen MR) is 41.3 cm³/mol. The zero-order valence-electron chi connectivity index (χ0n) is 6.61. The third-order valence-corrected chi connectivity index (χ3v) is 1.97. The maximum Gasteiger partial charge on any atom is 0.327 e. The predicted octanol–water partition coefficient (Wildman–Crippen LogP) is 1.51. The summed E-state index contributed by atoms with van der Waals surface area (Å²) < 4.78 is 4.64. The fourth-order valence-corrected chi connectivity index (χ4v) is 0.745. The van der Waals surface area contributed by atoms with E-state index in [4.69, 9.17) is 9.79 Å². The molecule has 3 nitrogen and oxygen atoms in total. The Balaban J connectivity index is 3.30. The average molecular weight is 166 g/mol. The Morgan fingerprint density at radius 1 is 1.30 bits per heavy atom. The lowest BCUT2D eigenvalue weighted by Crippen LogP contribution is -2.10.